The van der Waals surface area contributed by atoms with Gasteiger partial charge < -0.3 is 9.72 Å². The van der Waals surface area contributed by atoms with E-state index in [-0.39, 0.29) is 0 Å². The van der Waals surface area contributed by atoms with Gasteiger partial charge in [-0.1, -0.05) is 6.08 Å². The Morgan fingerprint density at radius 1 is 1.43 bits per heavy atom. The zero-order valence-corrected chi connectivity index (χ0v) is 8.24. The van der Waals surface area contributed by atoms with Gasteiger partial charge in [-0.05, 0) is 19.1 Å². The van der Waals surface area contributed by atoms with Crippen LogP contribution >= 0.6 is 0 Å². The molecule has 2 aromatic rings. The maximum Gasteiger partial charge on any atom is 0.213 e. The number of nitrogens with zero attached hydrogens (tertiary/aromatic N) is 1. The van der Waals surface area contributed by atoms with Gasteiger partial charge in [0, 0.05) is 17.1 Å². The first-order valence-corrected chi connectivity index (χ1v) is 4.49. The van der Waals surface area contributed by atoms with Gasteiger partial charge in [-0.3, -0.25) is 0 Å². The molecule has 2 heterocycles. The van der Waals surface area contributed by atoms with E-state index in [2.05, 4.69) is 16.0 Å². The number of pyridine rings is 1. The Bertz CT molecular complexity index is 471. The number of allylic oxidation sites excluding steroid dienone is 1. The normalized spacial score (nSPS) is 11.3. The van der Waals surface area contributed by atoms with Gasteiger partial charge in [0.25, 0.3) is 0 Å². The number of hydrogen-bond acceptors (Lipinski definition) is 2. The third kappa shape index (κ3) is 1.48. The highest BCUT2D eigenvalue weighted by atomic mass is 16.5. The summed E-state index contributed by atoms with van der Waals surface area (Å²) < 4.78 is 5.05. The Labute approximate surface area is 82.4 Å². The zero-order valence-electron chi connectivity index (χ0n) is 8.24. The van der Waals surface area contributed by atoms with Crippen molar-refractivity contribution in [2.75, 3.05) is 7.11 Å². The molecule has 0 aliphatic rings. The van der Waals surface area contributed by atoms with Gasteiger partial charge >= 0.3 is 0 Å². The largest absolute Gasteiger partial charge is 0.481 e. The van der Waals surface area contributed by atoms with Crippen molar-refractivity contribution in [2.45, 2.75) is 6.92 Å². The molecule has 72 valence electrons. The van der Waals surface area contributed by atoms with E-state index in [0.717, 1.165) is 16.6 Å². The molecule has 1 N–H and O–H groups in total. The van der Waals surface area contributed by atoms with Crippen molar-refractivity contribution >= 4 is 17.0 Å². The van der Waals surface area contributed by atoms with Crippen LogP contribution < -0.4 is 4.74 Å². The van der Waals surface area contributed by atoms with E-state index in [1.54, 1.807) is 13.3 Å². The van der Waals surface area contributed by atoms with E-state index < -0.39 is 0 Å². The molecule has 2 aromatic heterocycles. The molecule has 14 heavy (non-hydrogen) atoms. The maximum atomic E-state index is 5.05. The van der Waals surface area contributed by atoms with Crippen molar-refractivity contribution in [3.63, 3.8) is 0 Å². The Morgan fingerprint density at radius 2 is 2.29 bits per heavy atom. The summed E-state index contributed by atoms with van der Waals surface area (Å²) in [7, 11) is 1.62. The van der Waals surface area contributed by atoms with Gasteiger partial charge in [-0.2, -0.15) is 0 Å². The minimum atomic E-state index is 0.642. The highest BCUT2D eigenvalue weighted by molar-refractivity contribution is 5.82. The second-order valence-electron chi connectivity index (χ2n) is 3.04. The Kier molecular flexibility index (Phi) is 2.23. The van der Waals surface area contributed by atoms with E-state index in [1.165, 1.54) is 0 Å². The summed E-state index contributed by atoms with van der Waals surface area (Å²) in [6.07, 6.45) is 5.79. The number of ether oxygens (including phenoxy) is 1. The molecule has 0 unspecified atom stereocenters. The summed E-state index contributed by atoms with van der Waals surface area (Å²) in [6.45, 7) is 1.99. The average Bonchev–Trinajstić information content (AvgIpc) is 2.59. The lowest BCUT2D eigenvalue weighted by Crippen LogP contribution is -1.85. The number of aromatic nitrogens is 2. The minimum Gasteiger partial charge on any atom is -0.481 e. The Balaban J connectivity index is 2.54. The molecule has 0 amide bonds. The van der Waals surface area contributed by atoms with Crippen molar-refractivity contribution in [2.24, 2.45) is 0 Å². The fourth-order valence-corrected chi connectivity index (χ4v) is 1.41. The topological polar surface area (TPSA) is 37.9 Å². The van der Waals surface area contributed by atoms with Gasteiger partial charge in [0.15, 0.2) is 0 Å². The predicted octanol–water partition coefficient (Wildman–Crippen LogP) is 2.60. The van der Waals surface area contributed by atoms with Gasteiger partial charge in [0.05, 0.1) is 18.8 Å². The number of nitrogens with one attached hydrogen (secondary N) is 1. The third-order valence-corrected chi connectivity index (χ3v) is 2.06. The Hall–Kier alpha value is -1.77. The van der Waals surface area contributed by atoms with Gasteiger partial charge in [-0.25, -0.2) is 4.98 Å². The minimum absolute atomic E-state index is 0.642. The molecule has 0 aliphatic carbocycles. The van der Waals surface area contributed by atoms with Crippen molar-refractivity contribution in [1.82, 2.24) is 9.97 Å². The second-order valence-corrected chi connectivity index (χ2v) is 3.04. The van der Waals surface area contributed by atoms with Crippen LogP contribution in [0.4, 0.5) is 0 Å². The van der Waals surface area contributed by atoms with Crippen LogP contribution in [0.15, 0.2) is 24.4 Å². The van der Waals surface area contributed by atoms with Crippen LogP contribution in [-0.4, -0.2) is 17.1 Å². The quantitative estimate of drug-likeness (QED) is 0.786. The van der Waals surface area contributed by atoms with E-state index in [4.69, 9.17) is 4.74 Å². The number of hydrogen-bond donors (Lipinski definition) is 1. The molecule has 3 nitrogen and oxygen atoms in total. The summed E-state index contributed by atoms with van der Waals surface area (Å²) in [6, 6.07) is 3.98. The number of fused-ring (bicyclic) bond motifs is 1. The molecule has 0 fully saturated rings. The second kappa shape index (κ2) is 3.54. The van der Waals surface area contributed by atoms with Crippen LogP contribution in [0, 0.1) is 0 Å². The first kappa shape index (κ1) is 8.81. The third-order valence-electron chi connectivity index (χ3n) is 2.06. The molecule has 0 bridgehead atoms. The summed E-state index contributed by atoms with van der Waals surface area (Å²) in [5, 5.41) is 1.12. The molecular formula is C11H12N2O. The molecule has 3 heteroatoms. The average molecular weight is 188 g/mol. The molecule has 2 rings (SSSR count). The lowest BCUT2D eigenvalue weighted by Gasteiger charge is -1.96. The van der Waals surface area contributed by atoms with Gasteiger partial charge in [-0.15, -0.1) is 0 Å². The number of aromatic amines is 1. The summed E-state index contributed by atoms with van der Waals surface area (Å²) >= 11 is 0. The van der Waals surface area contributed by atoms with E-state index >= 15 is 0 Å². The molecule has 0 aliphatic heterocycles. The summed E-state index contributed by atoms with van der Waals surface area (Å²) in [5.74, 6) is 0.642. The lowest BCUT2D eigenvalue weighted by atomic mass is 10.3. The van der Waals surface area contributed by atoms with E-state index in [1.807, 2.05) is 25.1 Å². The molecule has 0 saturated carbocycles. The summed E-state index contributed by atoms with van der Waals surface area (Å²) in [4.78, 5) is 7.36. The van der Waals surface area contributed by atoms with Crippen LogP contribution in [0.3, 0.4) is 0 Å². The Morgan fingerprint density at radius 3 is 3.00 bits per heavy atom. The highest BCUT2D eigenvalue weighted by Gasteiger charge is 2.00. The fourth-order valence-electron chi connectivity index (χ4n) is 1.41. The van der Waals surface area contributed by atoms with Crippen molar-refractivity contribution in [3.8, 4) is 5.88 Å². The highest BCUT2D eigenvalue weighted by Crippen LogP contribution is 2.19. The van der Waals surface area contributed by atoms with E-state index in [9.17, 15) is 0 Å². The van der Waals surface area contributed by atoms with Gasteiger partial charge in [0.2, 0.25) is 5.88 Å². The number of methoxy groups -OCH3 is 1. The van der Waals surface area contributed by atoms with Crippen LogP contribution in [0.25, 0.3) is 17.0 Å². The first-order valence-electron chi connectivity index (χ1n) is 4.49. The SMILES string of the molecule is C/C=C/c1cc2cc(OC)ncc2[nH]1. The fraction of sp³-hybridized carbons (Fsp3) is 0.182. The number of H-pyrrole nitrogens is 1. The van der Waals surface area contributed by atoms with Crippen LogP contribution in [-0.2, 0) is 0 Å². The van der Waals surface area contributed by atoms with Gasteiger partial charge in [0.1, 0.15) is 0 Å². The standard InChI is InChI=1S/C11H12N2O/c1-3-4-9-5-8-6-11(14-2)12-7-10(8)13-9/h3-7,13H,1-2H3/b4-3+. The van der Waals surface area contributed by atoms with Crippen LogP contribution in [0.2, 0.25) is 0 Å². The molecule has 0 atom stereocenters. The smallest absolute Gasteiger partial charge is 0.213 e. The van der Waals surface area contributed by atoms with Crippen molar-refractivity contribution in [1.29, 1.82) is 0 Å². The molecule has 0 spiro atoms. The predicted molar refractivity (Wildman–Crippen MR) is 57.4 cm³/mol. The zero-order chi connectivity index (χ0) is 9.97. The van der Waals surface area contributed by atoms with Crippen LogP contribution in [0.1, 0.15) is 12.6 Å². The first-order chi connectivity index (χ1) is 6.83. The van der Waals surface area contributed by atoms with Crippen molar-refractivity contribution in [3.05, 3.63) is 30.1 Å². The molecule has 0 radical (unpaired) electrons. The molecule has 0 aromatic carbocycles. The number of rotatable bonds is 2. The molecular weight excluding hydrogens is 176 g/mol. The van der Waals surface area contributed by atoms with E-state index in [0.29, 0.717) is 5.88 Å². The summed E-state index contributed by atoms with van der Waals surface area (Å²) in [5.41, 5.74) is 2.11. The van der Waals surface area contributed by atoms with Crippen LogP contribution in [0.5, 0.6) is 5.88 Å². The van der Waals surface area contributed by atoms with Crippen molar-refractivity contribution < 1.29 is 4.74 Å². The maximum absolute atomic E-state index is 5.05. The molecule has 0 saturated heterocycles. The lowest BCUT2D eigenvalue weighted by molar-refractivity contribution is 0.399. The monoisotopic (exact) mass is 188 g/mol.